The molecule has 0 aromatic rings. The van der Waals surface area contributed by atoms with Crippen LogP contribution in [-0.2, 0) is 0 Å². The van der Waals surface area contributed by atoms with Gasteiger partial charge in [0, 0.05) is 0 Å². The molecule has 0 aliphatic heterocycles. The second-order valence-corrected chi connectivity index (χ2v) is 5.33. The fourth-order valence-corrected chi connectivity index (χ4v) is 4.13. The number of aliphatic hydroxyl groups is 1. The summed E-state index contributed by atoms with van der Waals surface area (Å²) in [7, 11) is 0. The highest BCUT2D eigenvalue weighted by Gasteiger charge is 2.50. The van der Waals surface area contributed by atoms with Crippen molar-refractivity contribution in [1.29, 1.82) is 0 Å². The summed E-state index contributed by atoms with van der Waals surface area (Å²) in [5.74, 6) is 4.27. The van der Waals surface area contributed by atoms with Crippen molar-refractivity contribution in [3.05, 3.63) is 0 Å². The second kappa shape index (κ2) is 2.25. The Balaban J connectivity index is 1.91. The highest BCUT2D eigenvalue weighted by Crippen LogP contribution is 2.56. The van der Waals surface area contributed by atoms with Gasteiger partial charge >= 0.3 is 0 Å². The lowest BCUT2D eigenvalue weighted by molar-refractivity contribution is -0.117. The van der Waals surface area contributed by atoms with Crippen LogP contribution in [0.25, 0.3) is 0 Å². The molecule has 4 aliphatic carbocycles. The van der Waals surface area contributed by atoms with Gasteiger partial charge in [-0.25, -0.2) is 0 Å². The molecular weight excluding hydrogens is 148 g/mol. The molecule has 0 amide bonds. The maximum Gasteiger partial charge on any atom is 0.0596 e. The van der Waals surface area contributed by atoms with Gasteiger partial charge in [-0.1, -0.05) is 6.92 Å². The molecule has 0 atom stereocenters. The van der Waals surface area contributed by atoms with E-state index in [0.717, 1.165) is 17.8 Å². The van der Waals surface area contributed by atoms with Gasteiger partial charge in [-0.05, 0) is 55.3 Å². The zero-order chi connectivity index (χ0) is 8.29. The molecule has 0 saturated heterocycles. The summed E-state index contributed by atoms with van der Waals surface area (Å²) in [5, 5.41) is 9.91. The van der Waals surface area contributed by atoms with Crippen molar-refractivity contribution in [1.82, 2.24) is 0 Å². The molecule has 4 saturated carbocycles. The summed E-state index contributed by atoms with van der Waals surface area (Å²) in [4.78, 5) is 0. The van der Waals surface area contributed by atoms with E-state index in [2.05, 4.69) is 6.92 Å². The Morgan fingerprint density at radius 3 is 1.67 bits per heavy atom. The maximum absolute atomic E-state index is 9.91. The Kier molecular flexibility index (Phi) is 1.39. The van der Waals surface area contributed by atoms with Gasteiger partial charge in [0.25, 0.3) is 0 Å². The smallest absolute Gasteiger partial charge is 0.0596 e. The van der Waals surface area contributed by atoms with E-state index in [1.54, 1.807) is 0 Å². The van der Waals surface area contributed by atoms with E-state index in [1.807, 2.05) is 0 Å². The van der Waals surface area contributed by atoms with Gasteiger partial charge in [0.2, 0.25) is 0 Å². The number of aliphatic hydroxyl groups excluding tert-OH is 1. The van der Waals surface area contributed by atoms with Crippen LogP contribution in [0.3, 0.4) is 0 Å². The number of rotatable bonds is 0. The Hall–Kier alpha value is -0.0400. The van der Waals surface area contributed by atoms with Gasteiger partial charge in [-0.2, -0.15) is 0 Å². The summed E-state index contributed by atoms with van der Waals surface area (Å²) < 4.78 is 0. The molecule has 0 heterocycles. The lowest BCUT2D eigenvalue weighted by atomic mass is 9.51. The summed E-state index contributed by atoms with van der Waals surface area (Å²) >= 11 is 0. The quantitative estimate of drug-likeness (QED) is 0.584. The summed E-state index contributed by atoms with van der Waals surface area (Å²) in [5.41, 5.74) is 0. The molecule has 0 unspecified atom stereocenters. The van der Waals surface area contributed by atoms with E-state index >= 15 is 0 Å². The van der Waals surface area contributed by atoms with E-state index in [0.29, 0.717) is 11.8 Å². The number of hydrogen-bond acceptors (Lipinski definition) is 1. The van der Waals surface area contributed by atoms with Crippen LogP contribution in [0.1, 0.15) is 32.6 Å². The van der Waals surface area contributed by atoms with Gasteiger partial charge < -0.3 is 5.11 Å². The van der Waals surface area contributed by atoms with Crippen molar-refractivity contribution in [3.8, 4) is 0 Å². The van der Waals surface area contributed by atoms with Crippen LogP contribution in [0, 0.1) is 29.6 Å². The third-order valence-corrected chi connectivity index (χ3v) is 4.88. The maximum atomic E-state index is 9.91. The SMILES string of the molecule is CC1C2CC3CC1CC(C2)C3O. The van der Waals surface area contributed by atoms with Crippen LogP contribution >= 0.6 is 0 Å². The van der Waals surface area contributed by atoms with Gasteiger partial charge in [0.1, 0.15) is 0 Å². The van der Waals surface area contributed by atoms with Crippen molar-refractivity contribution in [2.75, 3.05) is 0 Å². The van der Waals surface area contributed by atoms with Crippen LogP contribution in [0.15, 0.2) is 0 Å². The Morgan fingerprint density at radius 2 is 1.25 bits per heavy atom. The molecule has 4 bridgehead atoms. The topological polar surface area (TPSA) is 20.2 Å². The Morgan fingerprint density at radius 1 is 0.833 bits per heavy atom. The minimum absolute atomic E-state index is 0.0741. The summed E-state index contributed by atoms with van der Waals surface area (Å²) in [6.45, 7) is 2.43. The molecule has 1 nitrogen and oxygen atoms in total. The average Bonchev–Trinajstić information content (AvgIpc) is 2.02. The fourth-order valence-electron chi connectivity index (χ4n) is 4.13. The van der Waals surface area contributed by atoms with Gasteiger partial charge in [0.15, 0.2) is 0 Å². The summed E-state index contributed by atoms with van der Waals surface area (Å²) in [6.07, 6.45) is 5.39. The predicted molar refractivity (Wildman–Crippen MR) is 47.6 cm³/mol. The van der Waals surface area contributed by atoms with Crippen molar-refractivity contribution >= 4 is 0 Å². The minimum Gasteiger partial charge on any atom is -0.393 e. The van der Waals surface area contributed by atoms with Crippen molar-refractivity contribution in [3.63, 3.8) is 0 Å². The van der Waals surface area contributed by atoms with Crippen LogP contribution in [-0.4, -0.2) is 11.2 Å². The van der Waals surface area contributed by atoms with Crippen LogP contribution < -0.4 is 0 Å². The van der Waals surface area contributed by atoms with Crippen LogP contribution in [0.2, 0.25) is 0 Å². The normalized spacial score (nSPS) is 62.5. The second-order valence-electron chi connectivity index (χ2n) is 5.33. The fraction of sp³-hybridized carbons (Fsp3) is 1.00. The molecule has 4 fully saturated rings. The molecule has 1 heteroatoms. The first-order chi connectivity index (χ1) is 5.75. The van der Waals surface area contributed by atoms with Crippen molar-refractivity contribution < 1.29 is 5.11 Å². The van der Waals surface area contributed by atoms with E-state index in [9.17, 15) is 5.11 Å². The predicted octanol–water partition coefficient (Wildman–Crippen LogP) is 2.05. The molecule has 12 heavy (non-hydrogen) atoms. The molecule has 0 aromatic carbocycles. The molecule has 0 radical (unpaired) electrons. The van der Waals surface area contributed by atoms with E-state index in [4.69, 9.17) is 0 Å². The molecule has 0 spiro atoms. The third-order valence-electron chi connectivity index (χ3n) is 4.88. The van der Waals surface area contributed by atoms with Crippen molar-refractivity contribution in [2.45, 2.75) is 38.7 Å². The molecule has 0 aromatic heterocycles. The zero-order valence-electron chi connectivity index (χ0n) is 7.74. The molecule has 4 rings (SSSR count). The van der Waals surface area contributed by atoms with Crippen LogP contribution in [0.5, 0.6) is 0 Å². The summed E-state index contributed by atoms with van der Waals surface area (Å²) in [6, 6.07) is 0. The Labute approximate surface area is 74.2 Å². The highest BCUT2D eigenvalue weighted by atomic mass is 16.3. The van der Waals surface area contributed by atoms with Gasteiger partial charge in [0.05, 0.1) is 6.10 Å². The van der Waals surface area contributed by atoms with Crippen molar-refractivity contribution in [2.24, 2.45) is 29.6 Å². The van der Waals surface area contributed by atoms with E-state index in [1.165, 1.54) is 25.7 Å². The largest absolute Gasteiger partial charge is 0.393 e. The van der Waals surface area contributed by atoms with Gasteiger partial charge in [-0.15, -0.1) is 0 Å². The Bertz CT molecular complexity index is 151. The highest BCUT2D eigenvalue weighted by molar-refractivity contribution is 5.00. The molecule has 68 valence electrons. The number of hydrogen-bond donors (Lipinski definition) is 1. The molecule has 1 N–H and O–H groups in total. The van der Waals surface area contributed by atoms with Gasteiger partial charge in [-0.3, -0.25) is 0 Å². The van der Waals surface area contributed by atoms with Crippen LogP contribution in [0.4, 0.5) is 0 Å². The average molecular weight is 166 g/mol. The van der Waals surface area contributed by atoms with E-state index in [-0.39, 0.29) is 6.10 Å². The zero-order valence-corrected chi connectivity index (χ0v) is 7.74. The first kappa shape index (κ1) is 7.37. The van der Waals surface area contributed by atoms with E-state index < -0.39 is 0 Å². The standard InChI is InChI=1S/C11H18O/c1-6-7-2-9-4-8(6)5-10(3-7)11(9)12/h6-12H,2-5H2,1H3. The first-order valence-electron chi connectivity index (χ1n) is 5.43. The first-order valence-corrected chi connectivity index (χ1v) is 5.43. The lowest BCUT2D eigenvalue weighted by Gasteiger charge is -2.55. The monoisotopic (exact) mass is 166 g/mol. The third kappa shape index (κ3) is 0.783. The molecular formula is C11H18O. The molecule has 4 aliphatic rings. The lowest BCUT2D eigenvalue weighted by Crippen LogP contribution is -2.51. The minimum atomic E-state index is 0.0741.